The van der Waals surface area contributed by atoms with E-state index in [1.165, 1.54) is 5.19 Å². The molecule has 0 unspecified atom stereocenters. The second kappa shape index (κ2) is 4.70. The summed E-state index contributed by atoms with van der Waals surface area (Å²) in [4.78, 5) is 6.87. The van der Waals surface area contributed by atoms with Gasteiger partial charge in [-0.2, -0.15) is 0 Å². The van der Waals surface area contributed by atoms with Gasteiger partial charge in [0, 0.05) is 0 Å². The molecule has 0 aliphatic rings. The molecule has 0 aliphatic heterocycles. The fourth-order valence-corrected chi connectivity index (χ4v) is 4.71. The summed E-state index contributed by atoms with van der Waals surface area (Å²) in [5, 5.41) is 1.34. The zero-order chi connectivity index (χ0) is 10.6. The van der Waals surface area contributed by atoms with E-state index < -0.39 is 8.56 Å². The first-order valence-corrected chi connectivity index (χ1v) is 6.73. The summed E-state index contributed by atoms with van der Waals surface area (Å²) in [6, 6.07) is 10.5. The lowest BCUT2D eigenvalue weighted by atomic mass is 10.4. The monoisotopic (exact) mass is 209 g/mol. The highest BCUT2D eigenvalue weighted by atomic mass is 28.4. The molecule has 3 nitrogen and oxygen atoms in total. The van der Waals surface area contributed by atoms with Crippen molar-refractivity contribution in [1.29, 1.82) is 0 Å². The minimum absolute atomic E-state index is 1.34. The summed E-state index contributed by atoms with van der Waals surface area (Å²) in [7, 11) is 6.36. The lowest BCUT2D eigenvalue weighted by Crippen LogP contribution is -2.76. The average Bonchev–Trinajstić information content (AvgIpc) is 2.22. The minimum atomic E-state index is -1.86. The highest BCUT2D eigenvalue weighted by Gasteiger charge is 2.35. The van der Waals surface area contributed by atoms with Crippen LogP contribution in [0.5, 0.6) is 0 Å². The molecule has 2 N–H and O–H groups in total. The lowest BCUT2D eigenvalue weighted by Gasteiger charge is -2.36. The van der Waals surface area contributed by atoms with E-state index in [1.807, 2.05) is 20.2 Å². The Hall–Kier alpha value is -0.683. The summed E-state index contributed by atoms with van der Waals surface area (Å²) in [5.74, 6) is 0. The predicted octanol–water partition coefficient (Wildman–Crippen LogP) is -0.167. The Bertz CT molecular complexity index is 270. The molecule has 0 bridgehead atoms. The van der Waals surface area contributed by atoms with Gasteiger partial charge >= 0.3 is 8.56 Å². The quantitative estimate of drug-likeness (QED) is 0.675. The van der Waals surface area contributed by atoms with Crippen LogP contribution in [0.15, 0.2) is 30.3 Å². The van der Waals surface area contributed by atoms with Gasteiger partial charge in [-0.1, -0.05) is 30.3 Å². The Balaban J connectivity index is 3.11. The van der Waals surface area contributed by atoms with Gasteiger partial charge in [-0.05, 0) is 33.4 Å². The van der Waals surface area contributed by atoms with Crippen molar-refractivity contribution < 1.29 is 0 Å². The maximum absolute atomic E-state index is 3.43. The predicted molar refractivity (Wildman–Crippen MR) is 63.6 cm³/mol. The van der Waals surface area contributed by atoms with Gasteiger partial charge in [0.2, 0.25) is 0 Å². The number of rotatable bonds is 4. The van der Waals surface area contributed by atoms with Gasteiger partial charge in [0.1, 0.15) is 0 Å². The topological polar surface area (TPSA) is 27.3 Å². The molecule has 1 aromatic rings. The molecule has 78 valence electrons. The number of nitrogens with zero attached hydrogens (tertiary/aromatic N) is 1. The van der Waals surface area contributed by atoms with E-state index >= 15 is 0 Å². The molecule has 0 heterocycles. The Morgan fingerprint density at radius 1 is 1.00 bits per heavy atom. The fourth-order valence-electron chi connectivity index (χ4n) is 1.80. The van der Waals surface area contributed by atoms with Crippen molar-refractivity contribution in [3.63, 3.8) is 0 Å². The zero-order valence-electron chi connectivity index (χ0n) is 9.33. The average molecular weight is 209 g/mol. The minimum Gasteiger partial charge on any atom is -0.312 e. The van der Waals surface area contributed by atoms with Crippen LogP contribution >= 0.6 is 0 Å². The highest BCUT2D eigenvalue weighted by molar-refractivity contribution is 6.85. The lowest BCUT2D eigenvalue weighted by molar-refractivity contribution is 0.588. The van der Waals surface area contributed by atoms with E-state index in [-0.39, 0.29) is 0 Å². The van der Waals surface area contributed by atoms with Gasteiger partial charge in [0.15, 0.2) is 0 Å². The van der Waals surface area contributed by atoms with Crippen molar-refractivity contribution in [1.82, 2.24) is 14.5 Å². The molecule has 0 amide bonds. The van der Waals surface area contributed by atoms with E-state index in [9.17, 15) is 0 Å². The van der Waals surface area contributed by atoms with Gasteiger partial charge in [0.25, 0.3) is 0 Å². The Morgan fingerprint density at radius 2 is 1.50 bits per heavy atom. The zero-order valence-corrected chi connectivity index (χ0v) is 10.3. The third-order valence-electron chi connectivity index (χ3n) is 2.59. The summed E-state index contributed by atoms with van der Waals surface area (Å²) >= 11 is 0. The van der Waals surface area contributed by atoms with E-state index in [0.717, 1.165) is 0 Å². The van der Waals surface area contributed by atoms with Crippen LogP contribution in [0, 0.1) is 0 Å². The van der Waals surface area contributed by atoms with Crippen molar-refractivity contribution in [2.45, 2.75) is 0 Å². The van der Waals surface area contributed by atoms with E-state index in [4.69, 9.17) is 0 Å². The van der Waals surface area contributed by atoms with E-state index in [2.05, 4.69) is 52.9 Å². The number of hydrogen-bond acceptors (Lipinski definition) is 3. The molecule has 1 rings (SSSR count). The molecule has 0 aromatic heterocycles. The normalized spacial score (nSPS) is 12.1. The van der Waals surface area contributed by atoms with Gasteiger partial charge in [-0.15, -0.1) is 0 Å². The van der Waals surface area contributed by atoms with Gasteiger partial charge in [-0.3, -0.25) is 0 Å². The molecular formula is C10H19N3Si. The van der Waals surface area contributed by atoms with Crippen LogP contribution in [0.4, 0.5) is 0 Å². The molecular weight excluding hydrogens is 190 g/mol. The van der Waals surface area contributed by atoms with Crippen LogP contribution in [-0.2, 0) is 0 Å². The van der Waals surface area contributed by atoms with Crippen LogP contribution < -0.4 is 15.2 Å². The first-order chi connectivity index (χ1) is 6.67. The first-order valence-electron chi connectivity index (χ1n) is 4.78. The van der Waals surface area contributed by atoms with Crippen molar-refractivity contribution >= 4 is 13.7 Å². The molecule has 0 saturated carbocycles. The summed E-state index contributed by atoms with van der Waals surface area (Å²) in [6.07, 6.45) is 0. The van der Waals surface area contributed by atoms with Gasteiger partial charge in [-0.25, -0.2) is 0 Å². The number of hydrogen-bond donors (Lipinski definition) is 2. The van der Waals surface area contributed by atoms with Crippen molar-refractivity contribution in [3.8, 4) is 0 Å². The fraction of sp³-hybridized carbons (Fsp3) is 0.400. The molecule has 4 heteroatoms. The van der Waals surface area contributed by atoms with Crippen LogP contribution in [0.25, 0.3) is 0 Å². The van der Waals surface area contributed by atoms with Crippen LogP contribution in [0.1, 0.15) is 0 Å². The molecule has 0 atom stereocenters. The van der Waals surface area contributed by atoms with Gasteiger partial charge < -0.3 is 14.5 Å². The largest absolute Gasteiger partial charge is 0.317 e. The molecule has 0 spiro atoms. The maximum Gasteiger partial charge on any atom is 0.317 e. The third-order valence-corrected chi connectivity index (χ3v) is 6.54. The van der Waals surface area contributed by atoms with Crippen LogP contribution in [0.2, 0.25) is 0 Å². The van der Waals surface area contributed by atoms with Crippen molar-refractivity contribution in [2.75, 3.05) is 28.2 Å². The molecule has 0 radical (unpaired) electrons. The summed E-state index contributed by atoms with van der Waals surface area (Å²) < 4.78 is 2.25. The molecule has 14 heavy (non-hydrogen) atoms. The van der Waals surface area contributed by atoms with E-state index in [0.29, 0.717) is 0 Å². The Labute approximate surface area is 87.4 Å². The van der Waals surface area contributed by atoms with Crippen molar-refractivity contribution in [2.24, 2.45) is 0 Å². The van der Waals surface area contributed by atoms with Crippen LogP contribution in [0.3, 0.4) is 0 Å². The maximum atomic E-state index is 3.43. The summed E-state index contributed by atoms with van der Waals surface area (Å²) in [6.45, 7) is 0. The molecule has 0 saturated heterocycles. The number of benzene rings is 1. The second-order valence-electron chi connectivity index (χ2n) is 3.47. The molecule has 0 fully saturated rings. The standard InChI is InChI=1S/C10H19N3Si/c1-11-14(12-2,13(3)4)10-8-6-5-7-9-10/h5-9,11-12H,1-4H3. The molecule has 0 aliphatic carbocycles. The first kappa shape index (κ1) is 11.4. The van der Waals surface area contributed by atoms with Gasteiger partial charge in [0.05, 0.1) is 0 Å². The SMILES string of the molecule is CN[Si](NC)(c1ccccc1)N(C)C. The number of nitrogens with one attached hydrogen (secondary N) is 2. The Kier molecular flexibility index (Phi) is 3.83. The second-order valence-corrected chi connectivity index (χ2v) is 7.36. The molecule has 1 aromatic carbocycles. The van der Waals surface area contributed by atoms with Crippen LogP contribution in [-0.4, -0.2) is 41.3 Å². The summed E-state index contributed by atoms with van der Waals surface area (Å²) in [5.41, 5.74) is 0. The Morgan fingerprint density at radius 3 is 1.86 bits per heavy atom. The third kappa shape index (κ3) is 1.88. The van der Waals surface area contributed by atoms with E-state index in [1.54, 1.807) is 0 Å². The smallest absolute Gasteiger partial charge is 0.312 e. The highest BCUT2D eigenvalue weighted by Crippen LogP contribution is 1.98. The van der Waals surface area contributed by atoms with Crippen molar-refractivity contribution in [3.05, 3.63) is 30.3 Å².